The van der Waals surface area contributed by atoms with Gasteiger partial charge in [-0.3, -0.25) is 14.8 Å². The van der Waals surface area contributed by atoms with E-state index in [1.165, 1.54) is 11.6 Å². The normalized spacial score (nSPS) is 11.4. The van der Waals surface area contributed by atoms with Crippen molar-refractivity contribution in [2.24, 2.45) is 0 Å². The highest BCUT2D eigenvalue weighted by atomic mass is 16.5. The van der Waals surface area contributed by atoms with Crippen molar-refractivity contribution in [2.45, 2.75) is 6.92 Å². The summed E-state index contributed by atoms with van der Waals surface area (Å²) < 4.78 is 5.79. The molecule has 0 aliphatic carbocycles. The summed E-state index contributed by atoms with van der Waals surface area (Å²) in [5.41, 5.74) is 3.00. The molecule has 2 amide bonds. The third-order valence-electron chi connectivity index (χ3n) is 3.71. The second-order valence-electron chi connectivity index (χ2n) is 5.85. The van der Waals surface area contributed by atoms with Crippen molar-refractivity contribution in [3.05, 3.63) is 102 Å². The van der Waals surface area contributed by atoms with Gasteiger partial charge in [0, 0.05) is 11.8 Å². The maximum atomic E-state index is 12.8. The number of amides is 2. The van der Waals surface area contributed by atoms with Crippen molar-refractivity contribution in [1.82, 2.24) is 5.48 Å². The second-order valence-corrected chi connectivity index (χ2v) is 5.85. The molecule has 2 rings (SSSR count). The SMILES string of the molecule is C=C/C=C\C=C(/C)Oc1ccccc1C(=O)Nc1ccccc1/C=C/C(=O)NO. The molecule has 2 aromatic rings. The molecule has 0 aromatic heterocycles. The fourth-order valence-electron chi connectivity index (χ4n) is 2.37. The molecule has 0 radical (unpaired) electrons. The van der Waals surface area contributed by atoms with E-state index < -0.39 is 5.91 Å². The molecule has 0 spiro atoms. The summed E-state index contributed by atoms with van der Waals surface area (Å²) in [7, 11) is 0. The third-order valence-corrected chi connectivity index (χ3v) is 3.71. The Morgan fingerprint density at radius 2 is 1.79 bits per heavy atom. The van der Waals surface area contributed by atoms with Gasteiger partial charge in [0.2, 0.25) is 0 Å². The van der Waals surface area contributed by atoms with Gasteiger partial charge in [0.05, 0.1) is 5.56 Å². The second kappa shape index (κ2) is 11.1. The highest BCUT2D eigenvalue weighted by Crippen LogP contribution is 2.23. The van der Waals surface area contributed by atoms with Crippen molar-refractivity contribution < 1.29 is 19.5 Å². The molecular formula is C23H22N2O4. The lowest BCUT2D eigenvalue weighted by Crippen LogP contribution is -2.15. The quantitative estimate of drug-likeness (QED) is 0.204. The van der Waals surface area contributed by atoms with Crippen LogP contribution < -0.4 is 15.5 Å². The molecule has 2 aromatic carbocycles. The topological polar surface area (TPSA) is 87.7 Å². The van der Waals surface area contributed by atoms with E-state index in [0.717, 1.165) is 6.08 Å². The minimum atomic E-state index is -0.669. The summed E-state index contributed by atoms with van der Waals surface area (Å²) in [6.07, 6.45) is 9.63. The molecule has 6 heteroatoms. The van der Waals surface area contributed by atoms with E-state index in [4.69, 9.17) is 9.94 Å². The summed E-state index contributed by atoms with van der Waals surface area (Å²) in [4.78, 5) is 24.1. The molecule has 148 valence electrons. The molecule has 0 unspecified atom stereocenters. The van der Waals surface area contributed by atoms with Crippen LogP contribution in [0.3, 0.4) is 0 Å². The lowest BCUT2D eigenvalue weighted by Gasteiger charge is -2.13. The van der Waals surface area contributed by atoms with Crippen molar-refractivity contribution in [1.29, 1.82) is 0 Å². The Labute approximate surface area is 169 Å². The molecule has 0 bridgehead atoms. The molecular weight excluding hydrogens is 368 g/mol. The zero-order valence-electron chi connectivity index (χ0n) is 16.0. The Morgan fingerprint density at radius 1 is 1.07 bits per heavy atom. The first-order valence-corrected chi connectivity index (χ1v) is 8.80. The third kappa shape index (κ3) is 6.64. The van der Waals surface area contributed by atoms with Gasteiger partial charge in [-0.05, 0) is 42.8 Å². The van der Waals surface area contributed by atoms with Crippen molar-refractivity contribution in [2.75, 3.05) is 5.32 Å². The number of hydrogen-bond donors (Lipinski definition) is 3. The number of carbonyl (C=O) groups excluding carboxylic acids is 2. The fraction of sp³-hybridized carbons (Fsp3) is 0.0435. The van der Waals surface area contributed by atoms with E-state index in [-0.39, 0.29) is 5.91 Å². The van der Waals surface area contributed by atoms with E-state index in [1.807, 2.05) is 0 Å². The van der Waals surface area contributed by atoms with Crippen LogP contribution in [0.2, 0.25) is 0 Å². The molecule has 0 saturated heterocycles. The number of anilines is 1. The zero-order chi connectivity index (χ0) is 21.1. The van der Waals surface area contributed by atoms with Crippen LogP contribution in [0.15, 0.2) is 91.2 Å². The fourth-order valence-corrected chi connectivity index (χ4v) is 2.37. The standard InChI is InChI=1S/C23H22N2O4/c1-3-4-5-10-17(2)29-21-14-9-7-12-19(21)23(27)24-20-13-8-6-11-18(20)15-16-22(26)25-28/h3-16,28H,1H2,2H3,(H,24,27)(H,25,26)/b5-4-,16-15+,17-10+. The van der Waals surface area contributed by atoms with Crippen LogP contribution >= 0.6 is 0 Å². The van der Waals surface area contributed by atoms with Crippen LogP contribution in [-0.4, -0.2) is 17.0 Å². The van der Waals surface area contributed by atoms with Crippen LogP contribution in [0, 0.1) is 0 Å². The molecule has 0 atom stereocenters. The minimum Gasteiger partial charge on any atom is -0.461 e. The van der Waals surface area contributed by atoms with Gasteiger partial charge in [0.1, 0.15) is 11.5 Å². The number of allylic oxidation sites excluding steroid dienone is 5. The minimum absolute atomic E-state index is 0.359. The first-order valence-electron chi connectivity index (χ1n) is 8.80. The highest BCUT2D eigenvalue weighted by molar-refractivity contribution is 6.07. The van der Waals surface area contributed by atoms with Crippen LogP contribution in [0.25, 0.3) is 6.08 Å². The summed E-state index contributed by atoms with van der Waals surface area (Å²) in [5.74, 6) is 0.000249. The Hall–Kier alpha value is -3.90. The van der Waals surface area contributed by atoms with Gasteiger partial charge in [-0.25, -0.2) is 5.48 Å². The first-order chi connectivity index (χ1) is 14.0. The monoisotopic (exact) mass is 390 g/mol. The lowest BCUT2D eigenvalue weighted by atomic mass is 10.1. The van der Waals surface area contributed by atoms with Crippen LogP contribution in [0.4, 0.5) is 5.69 Å². The van der Waals surface area contributed by atoms with Crippen LogP contribution in [0.1, 0.15) is 22.8 Å². The van der Waals surface area contributed by atoms with Gasteiger partial charge >= 0.3 is 0 Å². The van der Waals surface area contributed by atoms with Gasteiger partial charge in [0.25, 0.3) is 11.8 Å². The summed E-state index contributed by atoms with van der Waals surface area (Å²) in [6.45, 7) is 5.39. The maximum Gasteiger partial charge on any atom is 0.267 e. The van der Waals surface area contributed by atoms with E-state index in [1.54, 1.807) is 79.8 Å². The number of carbonyl (C=O) groups is 2. The zero-order valence-corrected chi connectivity index (χ0v) is 16.0. The predicted molar refractivity (Wildman–Crippen MR) is 114 cm³/mol. The molecule has 29 heavy (non-hydrogen) atoms. The Bertz CT molecular complexity index is 974. The predicted octanol–water partition coefficient (Wildman–Crippen LogP) is 4.48. The summed E-state index contributed by atoms with van der Waals surface area (Å²) in [5, 5.41) is 11.4. The Balaban J connectivity index is 2.24. The highest BCUT2D eigenvalue weighted by Gasteiger charge is 2.14. The first kappa shape index (κ1) is 21.4. The smallest absolute Gasteiger partial charge is 0.267 e. The molecule has 0 fully saturated rings. The average Bonchev–Trinajstić information content (AvgIpc) is 2.73. The molecule has 0 saturated carbocycles. The van der Waals surface area contributed by atoms with Crippen molar-refractivity contribution in [3.63, 3.8) is 0 Å². The van der Waals surface area contributed by atoms with E-state index in [0.29, 0.717) is 28.3 Å². The molecule has 0 aliphatic heterocycles. The van der Waals surface area contributed by atoms with Gasteiger partial charge in [-0.15, -0.1) is 0 Å². The van der Waals surface area contributed by atoms with Crippen molar-refractivity contribution in [3.8, 4) is 5.75 Å². The van der Waals surface area contributed by atoms with Crippen molar-refractivity contribution >= 4 is 23.6 Å². The van der Waals surface area contributed by atoms with E-state index in [9.17, 15) is 9.59 Å². The average molecular weight is 390 g/mol. The number of hydroxylamine groups is 1. The largest absolute Gasteiger partial charge is 0.461 e. The number of nitrogens with one attached hydrogen (secondary N) is 2. The molecule has 3 N–H and O–H groups in total. The van der Waals surface area contributed by atoms with Gasteiger partial charge in [-0.1, -0.05) is 55.1 Å². The number of rotatable bonds is 8. The summed E-state index contributed by atoms with van der Waals surface area (Å²) in [6, 6.07) is 13.9. The van der Waals surface area contributed by atoms with Gasteiger partial charge in [-0.2, -0.15) is 0 Å². The lowest BCUT2D eigenvalue weighted by molar-refractivity contribution is -0.124. The number of hydrogen-bond acceptors (Lipinski definition) is 4. The number of benzene rings is 2. The van der Waals surface area contributed by atoms with Gasteiger partial charge in [0.15, 0.2) is 0 Å². The molecule has 6 nitrogen and oxygen atoms in total. The summed E-state index contributed by atoms with van der Waals surface area (Å²) >= 11 is 0. The van der Waals surface area contributed by atoms with Crippen LogP contribution in [0.5, 0.6) is 5.75 Å². The van der Waals surface area contributed by atoms with Crippen LogP contribution in [-0.2, 0) is 4.79 Å². The Kier molecular flexibility index (Phi) is 8.16. The molecule has 0 heterocycles. The number of para-hydroxylation sites is 2. The van der Waals surface area contributed by atoms with Gasteiger partial charge < -0.3 is 10.1 Å². The maximum absolute atomic E-state index is 12.8. The van der Waals surface area contributed by atoms with E-state index in [2.05, 4.69) is 11.9 Å². The number of ether oxygens (including phenoxy) is 1. The Morgan fingerprint density at radius 3 is 2.55 bits per heavy atom. The molecule has 0 aliphatic rings. The van der Waals surface area contributed by atoms with E-state index >= 15 is 0 Å².